The highest BCUT2D eigenvalue weighted by molar-refractivity contribution is 6.33. The average molecular weight is 638 g/mol. The molecule has 1 aliphatic rings. The van der Waals surface area contributed by atoms with Gasteiger partial charge in [-0.1, -0.05) is 41.9 Å². The average Bonchev–Trinajstić information content (AvgIpc) is 3.45. The SMILES string of the molecule is COc1cc(NC(=O)Cc2cccc(NC(=O)c3c(-c4c(F)cccc4Cl)noc3C3CCC(C)CO3)c2)cc(OC)c1OC. The number of hydrogen-bond acceptors (Lipinski definition) is 8. The Balaban J connectivity index is 1.38. The van der Waals surface area contributed by atoms with E-state index in [1.54, 1.807) is 36.4 Å². The molecule has 0 saturated carbocycles. The molecule has 1 fully saturated rings. The van der Waals surface area contributed by atoms with E-state index in [0.29, 0.717) is 53.1 Å². The Morgan fingerprint density at radius 1 is 0.978 bits per heavy atom. The zero-order valence-corrected chi connectivity index (χ0v) is 26.0. The number of nitrogens with zero attached hydrogens (tertiary/aromatic N) is 1. The third-order valence-electron chi connectivity index (χ3n) is 7.44. The number of ether oxygens (including phenoxy) is 4. The molecular formula is C33H33ClFN3O7. The molecule has 2 amide bonds. The van der Waals surface area contributed by atoms with E-state index in [-0.39, 0.29) is 39.9 Å². The molecule has 0 aliphatic carbocycles. The maximum atomic E-state index is 15.0. The minimum absolute atomic E-state index is 0.00305. The number of carbonyl (C=O) groups excluding carboxylic acids is 2. The third-order valence-corrected chi connectivity index (χ3v) is 7.75. The van der Waals surface area contributed by atoms with Crippen molar-refractivity contribution in [2.75, 3.05) is 38.6 Å². The van der Waals surface area contributed by atoms with Gasteiger partial charge in [-0.05, 0) is 48.6 Å². The fraction of sp³-hybridized carbons (Fsp3) is 0.303. The molecular weight excluding hydrogens is 605 g/mol. The molecule has 4 aromatic rings. The third kappa shape index (κ3) is 7.05. The van der Waals surface area contributed by atoms with E-state index in [9.17, 15) is 14.0 Å². The Morgan fingerprint density at radius 2 is 1.71 bits per heavy atom. The normalized spacial score (nSPS) is 16.1. The molecule has 1 aliphatic heterocycles. The lowest BCUT2D eigenvalue weighted by molar-refractivity contribution is -0.115. The van der Waals surface area contributed by atoms with E-state index >= 15 is 0 Å². The molecule has 0 bridgehead atoms. The highest BCUT2D eigenvalue weighted by Crippen LogP contribution is 2.41. The number of anilines is 2. The van der Waals surface area contributed by atoms with E-state index in [4.69, 9.17) is 35.1 Å². The van der Waals surface area contributed by atoms with Gasteiger partial charge < -0.3 is 34.1 Å². The Kier molecular flexibility index (Phi) is 9.90. The number of amides is 2. The van der Waals surface area contributed by atoms with Gasteiger partial charge in [0.1, 0.15) is 23.2 Å². The summed E-state index contributed by atoms with van der Waals surface area (Å²) in [5.41, 5.74) is 1.47. The Hall–Kier alpha value is -4.61. The summed E-state index contributed by atoms with van der Waals surface area (Å²) in [6, 6.07) is 14.3. The van der Waals surface area contributed by atoms with Crippen LogP contribution in [-0.2, 0) is 16.0 Å². The number of halogens is 2. The van der Waals surface area contributed by atoms with Gasteiger partial charge in [-0.25, -0.2) is 4.39 Å². The first-order valence-corrected chi connectivity index (χ1v) is 14.7. The second kappa shape index (κ2) is 14.0. The maximum absolute atomic E-state index is 15.0. The summed E-state index contributed by atoms with van der Waals surface area (Å²) >= 11 is 6.35. The van der Waals surface area contributed by atoms with Gasteiger partial charge in [0.05, 0.1) is 44.9 Å². The van der Waals surface area contributed by atoms with Gasteiger partial charge in [0.25, 0.3) is 5.91 Å². The second-order valence-corrected chi connectivity index (χ2v) is 11.1. The van der Waals surface area contributed by atoms with Crippen molar-refractivity contribution in [1.82, 2.24) is 5.16 Å². The molecule has 0 radical (unpaired) electrons. The van der Waals surface area contributed by atoms with Crippen molar-refractivity contribution in [1.29, 1.82) is 0 Å². The maximum Gasteiger partial charge on any atom is 0.261 e. The van der Waals surface area contributed by atoms with Crippen molar-refractivity contribution in [3.05, 3.63) is 82.3 Å². The number of benzene rings is 3. The van der Waals surface area contributed by atoms with Gasteiger partial charge in [0, 0.05) is 23.5 Å². The fourth-order valence-corrected chi connectivity index (χ4v) is 5.48. The minimum atomic E-state index is -0.644. The minimum Gasteiger partial charge on any atom is -0.493 e. The summed E-state index contributed by atoms with van der Waals surface area (Å²) in [6.45, 7) is 2.56. The molecule has 10 nitrogen and oxygen atoms in total. The number of hydrogen-bond donors (Lipinski definition) is 2. The fourth-order valence-electron chi connectivity index (χ4n) is 5.22. The van der Waals surface area contributed by atoms with Crippen LogP contribution in [0.2, 0.25) is 5.02 Å². The Morgan fingerprint density at radius 3 is 2.36 bits per heavy atom. The van der Waals surface area contributed by atoms with Gasteiger partial charge in [-0.3, -0.25) is 9.59 Å². The largest absolute Gasteiger partial charge is 0.493 e. The number of aromatic nitrogens is 1. The first-order chi connectivity index (χ1) is 21.7. The molecule has 236 valence electrons. The lowest BCUT2D eigenvalue weighted by Gasteiger charge is -2.25. The molecule has 0 spiro atoms. The van der Waals surface area contributed by atoms with Gasteiger partial charge in [-0.2, -0.15) is 0 Å². The van der Waals surface area contributed by atoms with Crippen LogP contribution in [0.3, 0.4) is 0 Å². The lowest BCUT2D eigenvalue weighted by Crippen LogP contribution is -2.21. The number of rotatable bonds is 10. The van der Waals surface area contributed by atoms with Crippen molar-refractivity contribution in [3.8, 4) is 28.5 Å². The van der Waals surface area contributed by atoms with Gasteiger partial charge in [-0.15, -0.1) is 0 Å². The van der Waals surface area contributed by atoms with Crippen LogP contribution in [0, 0.1) is 11.7 Å². The molecule has 12 heteroatoms. The van der Waals surface area contributed by atoms with E-state index < -0.39 is 17.8 Å². The number of methoxy groups -OCH3 is 3. The summed E-state index contributed by atoms with van der Waals surface area (Å²) in [5.74, 6) is 0.224. The molecule has 2 unspecified atom stereocenters. The standard InChI is InChI=1S/C33H33ClFN3O7/c1-18-11-12-24(44-17-18)32-29(30(38-45-32)28-22(34)9-6-10-23(28)35)33(40)37-20-8-5-7-19(13-20)14-27(39)36-21-15-25(41-2)31(43-4)26(16-21)42-3/h5-10,13,15-16,18,24H,11-12,14,17H2,1-4H3,(H,36,39)(H,37,40). The smallest absolute Gasteiger partial charge is 0.261 e. The van der Waals surface area contributed by atoms with Crippen molar-refractivity contribution >= 4 is 34.8 Å². The number of carbonyl (C=O) groups is 2. The van der Waals surface area contributed by atoms with Gasteiger partial charge in [0.2, 0.25) is 11.7 Å². The van der Waals surface area contributed by atoms with Crippen LogP contribution in [-0.4, -0.2) is 44.9 Å². The highest BCUT2D eigenvalue weighted by Gasteiger charge is 2.34. The van der Waals surface area contributed by atoms with Gasteiger partial charge in [0.15, 0.2) is 17.3 Å². The number of nitrogens with one attached hydrogen (secondary N) is 2. The van der Waals surface area contributed by atoms with Crippen LogP contribution in [0.5, 0.6) is 17.2 Å². The van der Waals surface area contributed by atoms with E-state index in [1.807, 2.05) is 0 Å². The summed E-state index contributed by atoms with van der Waals surface area (Å²) in [4.78, 5) is 26.8. The molecule has 2 N–H and O–H groups in total. The molecule has 2 atom stereocenters. The first-order valence-electron chi connectivity index (χ1n) is 14.3. The van der Waals surface area contributed by atoms with Crippen molar-refractivity contribution < 1.29 is 37.5 Å². The summed E-state index contributed by atoms with van der Waals surface area (Å²) in [6.07, 6.45) is 0.947. The first kappa shape index (κ1) is 31.8. The topological polar surface area (TPSA) is 121 Å². The van der Waals surface area contributed by atoms with Crippen LogP contribution < -0.4 is 24.8 Å². The van der Waals surface area contributed by atoms with Crippen LogP contribution in [0.25, 0.3) is 11.3 Å². The van der Waals surface area contributed by atoms with Crippen LogP contribution >= 0.6 is 11.6 Å². The summed E-state index contributed by atoms with van der Waals surface area (Å²) in [5, 5.41) is 9.85. The summed E-state index contributed by atoms with van der Waals surface area (Å²) < 4.78 is 42.6. The van der Waals surface area contributed by atoms with Crippen LogP contribution in [0.4, 0.5) is 15.8 Å². The monoisotopic (exact) mass is 637 g/mol. The predicted octanol–water partition coefficient (Wildman–Crippen LogP) is 7.08. The molecule has 45 heavy (non-hydrogen) atoms. The predicted molar refractivity (Wildman–Crippen MR) is 167 cm³/mol. The second-order valence-electron chi connectivity index (χ2n) is 10.7. The molecule has 2 heterocycles. The van der Waals surface area contributed by atoms with Crippen molar-refractivity contribution in [2.45, 2.75) is 32.3 Å². The van der Waals surface area contributed by atoms with E-state index in [1.165, 1.54) is 39.5 Å². The molecule has 5 rings (SSSR count). The van der Waals surface area contributed by atoms with E-state index in [2.05, 4.69) is 22.7 Å². The highest BCUT2D eigenvalue weighted by atomic mass is 35.5. The zero-order chi connectivity index (χ0) is 32.1. The Bertz CT molecular complexity index is 1660. The van der Waals surface area contributed by atoms with E-state index in [0.717, 1.165) is 6.42 Å². The molecule has 3 aromatic carbocycles. The van der Waals surface area contributed by atoms with Crippen LogP contribution in [0.15, 0.2) is 59.1 Å². The zero-order valence-electron chi connectivity index (χ0n) is 25.2. The molecule has 1 aromatic heterocycles. The van der Waals surface area contributed by atoms with Crippen molar-refractivity contribution in [3.63, 3.8) is 0 Å². The van der Waals surface area contributed by atoms with Crippen LogP contribution in [0.1, 0.15) is 47.6 Å². The molecule has 1 saturated heterocycles. The quantitative estimate of drug-likeness (QED) is 0.189. The Labute approximate surface area is 264 Å². The lowest BCUT2D eigenvalue weighted by atomic mass is 9.95. The van der Waals surface area contributed by atoms with Gasteiger partial charge >= 0.3 is 0 Å². The van der Waals surface area contributed by atoms with Crippen molar-refractivity contribution in [2.24, 2.45) is 5.92 Å². The summed E-state index contributed by atoms with van der Waals surface area (Å²) in [7, 11) is 4.47.